The molecule has 2 unspecified atom stereocenters. The SMILES string of the molecule is C[C@H](O)C(=O)[C@@]1(C)CC[C@H]2C3CCC4=CC(=O)CCC4=C3CCC21C. The second-order valence-corrected chi connectivity index (χ2v) is 9.22. The fraction of sp³-hybridized carbons (Fsp3) is 0.727. The van der Waals surface area contributed by atoms with Crippen LogP contribution in [-0.2, 0) is 9.59 Å². The molecule has 0 bridgehead atoms. The van der Waals surface area contributed by atoms with E-state index in [0.717, 1.165) is 44.9 Å². The molecule has 2 saturated carbocycles. The molecule has 0 saturated heterocycles. The molecule has 0 aliphatic heterocycles. The van der Waals surface area contributed by atoms with Crippen LogP contribution in [-0.4, -0.2) is 22.8 Å². The molecule has 5 atom stereocenters. The first-order valence-electron chi connectivity index (χ1n) is 9.96. The number of hydrogen-bond acceptors (Lipinski definition) is 3. The minimum atomic E-state index is -0.870. The summed E-state index contributed by atoms with van der Waals surface area (Å²) < 4.78 is 0. The van der Waals surface area contributed by atoms with Crippen molar-refractivity contribution >= 4 is 11.6 Å². The van der Waals surface area contributed by atoms with Gasteiger partial charge in [-0.1, -0.05) is 19.4 Å². The van der Waals surface area contributed by atoms with Crippen LogP contribution < -0.4 is 0 Å². The molecular formula is C22H30O3. The van der Waals surface area contributed by atoms with Crippen LogP contribution in [0.3, 0.4) is 0 Å². The summed E-state index contributed by atoms with van der Waals surface area (Å²) in [7, 11) is 0. The van der Waals surface area contributed by atoms with E-state index in [1.54, 1.807) is 12.5 Å². The normalized spacial score (nSPS) is 41.6. The minimum absolute atomic E-state index is 0.0124. The van der Waals surface area contributed by atoms with E-state index >= 15 is 0 Å². The highest BCUT2D eigenvalue weighted by Gasteiger charge is 2.62. The molecular weight excluding hydrogens is 312 g/mol. The van der Waals surface area contributed by atoms with Crippen molar-refractivity contribution < 1.29 is 14.7 Å². The summed E-state index contributed by atoms with van der Waals surface area (Å²) in [6, 6.07) is 0. The second-order valence-electron chi connectivity index (χ2n) is 9.22. The fourth-order valence-corrected chi connectivity index (χ4v) is 6.67. The Morgan fingerprint density at radius 3 is 2.64 bits per heavy atom. The third-order valence-corrected chi connectivity index (χ3v) is 8.26. The summed E-state index contributed by atoms with van der Waals surface area (Å²) in [5.41, 5.74) is 3.96. The minimum Gasteiger partial charge on any atom is -0.386 e. The van der Waals surface area contributed by atoms with Gasteiger partial charge in [0, 0.05) is 11.8 Å². The number of aliphatic hydroxyl groups excluding tert-OH is 1. The molecule has 0 aromatic rings. The second kappa shape index (κ2) is 5.64. The third-order valence-electron chi connectivity index (χ3n) is 8.26. The maximum absolute atomic E-state index is 12.8. The van der Waals surface area contributed by atoms with Crippen molar-refractivity contribution in [3.8, 4) is 0 Å². The Balaban J connectivity index is 1.72. The van der Waals surface area contributed by atoms with Gasteiger partial charge in [-0.05, 0) is 86.3 Å². The van der Waals surface area contributed by atoms with Crippen molar-refractivity contribution in [1.29, 1.82) is 0 Å². The number of aliphatic hydroxyl groups is 1. The zero-order chi connectivity index (χ0) is 18.0. The van der Waals surface area contributed by atoms with Crippen molar-refractivity contribution in [2.24, 2.45) is 22.7 Å². The number of Topliss-reactive ketones (excluding diaryl/α,β-unsaturated/α-hetero) is 1. The fourth-order valence-electron chi connectivity index (χ4n) is 6.67. The lowest BCUT2D eigenvalue weighted by Gasteiger charge is -2.52. The maximum atomic E-state index is 12.8. The van der Waals surface area contributed by atoms with Crippen LogP contribution in [0.25, 0.3) is 0 Å². The molecule has 0 spiro atoms. The first-order valence-corrected chi connectivity index (χ1v) is 9.96. The number of ketones is 2. The van der Waals surface area contributed by atoms with Gasteiger partial charge in [-0.25, -0.2) is 0 Å². The van der Waals surface area contributed by atoms with Crippen LogP contribution >= 0.6 is 0 Å². The van der Waals surface area contributed by atoms with Crippen LogP contribution in [0.2, 0.25) is 0 Å². The van der Waals surface area contributed by atoms with E-state index in [1.807, 2.05) is 6.08 Å². The van der Waals surface area contributed by atoms with E-state index in [0.29, 0.717) is 18.3 Å². The van der Waals surface area contributed by atoms with E-state index in [9.17, 15) is 14.7 Å². The molecule has 0 heterocycles. The van der Waals surface area contributed by atoms with E-state index in [4.69, 9.17) is 0 Å². The highest BCUT2D eigenvalue weighted by molar-refractivity contribution is 5.93. The Bertz CT molecular complexity index is 698. The van der Waals surface area contributed by atoms with Crippen LogP contribution in [0.4, 0.5) is 0 Å². The first kappa shape index (κ1) is 17.2. The van der Waals surface area contributed by atoms with Gasteiger partial charge in [-0.15, -0.1) is 0 Å². The molecule has 4 aliphatic rings. The average Bonchev–Trinajstić information content (AvgIpc) is 2.86. The summed E-state index contributed by atoms with van der Waals surface area (Å²) in [6.45, 7) is 6.03. The van der Waals surface area contributed by atoms with Crippen LogP contribution in [0, 0.1) is 22.7 Å². The Kier molecular flexibility index (Phi) is 3.88. The van der Waals surface area contributed by atoms with E-state index in [2.05, 4.69) is 13.8 Å². The van der Waals surface area contributed by atoms with E-state index < -0.39 is 11.5 Å². The molecule has 136 valence electrons. The van der Waals surface area contributed by atoms with Crippen LogP contribution in [0.5, 0.6) is 0 Å². The zero-order valence-corrected chi connectivity index (χ0v) is 15.7. The van der Waals surface area contributed by atoms with Gasteiger partial charge in [-0.2, -0.15) is 0 Å². The molecule has 4 aliphatic carbocycles. The number of carbonyl (C=O) groups is 2. The van der Waals surface area contributed by atoms with Crippen molar-refractivity contribution in [2.75, 3.05) is 0 Å². The van der Waals surface area contributed by atoms with E-state index in [1.165, 1.54) is 11.1 Å². The monoisotopic (exact) mass is 342 g/mol. The lowest BCUT2D eigenvalue weighted by Crippen LogP contribution is -2.50. The van der Waals surface area contributed by atoms with Gasteiger partial charge in [0.1, 0.15) is 6.10 Å². The molecule has 0 radical (unpaired) electrons. The molecule has 25 heavy (non-hydrogen) atoms. The lowest BCUT2D eigenvalue weighted by atomic mass is 9.51. The van der Waals surface area contributed by atoms with Crippen molar-refractivity contribution in [2.45, 2.75) is 78.2 Å². The predicted octanol–water partition coefficient (Wildman–Crippen LogP) is 4.15. The van der Waals surface area contributed by atoms with Gasteiger partial charge in [0.15, 0.2) is 11.6 Å². The van der Waals surface area contributed by atoms with Gasteiger partial charge >= 0.3 is 0 Å². The van der Waals surface area contributed by atoms with Gasteiger partial charge in [0.05, 0.1) is 0 Å². The standard InChI is InChI=1S/C22H30O3/c1-13(23)20(25)22(3)11-9-19-18-6-4-14-12-15(24)5-7-16(14)17(18)8-10-21(19,22)2/h12-13,18-19,23H,4-11H2,1-3H3/t13-,18?,19-,21?,22+/m0/s1. The molecule has 2 fully saturated rings. The number of carbonyl (C=O) groups excluding carboxylic acids is 2. The molecule has 4 rings (SSSR count). The number of allylic oxidation sites excluding steroid dienone is 4. The summed E-state index contributed by atoms with van der Waals surface area (Å²) in [5, 5.41) is 9.96. The average molecular weight is 342 g/mol. The zero-order valence-electron chi connectivity index (χ0n) is 15.7. The number of fused-ring (bicyclic) bond motifs is 4. The highest BCUT2D eigenvalue weighted by Crippen LogP contribution is 2.67. The number of hydrogen-bond donors (Lipinski definition) is 1. The van der Waals surface area contributed by atoms with Crippen molar-refractivity contribution in [3.05, 3.63) is 22.8 Å². The Morgan fingerprint density at radius 1 is 1.16 bits per heavy atom. The topological polar surface area (TPSA) is 54.4 Å². The van der Waals surface area contributed by atoms with Gasteiger partial charge in [-0.3, -0.25) is 9.59 Å². The summed E-state index contributed by atoms with van der Waals surface area (Å²) in [4.78, 5) is 24.6. The van der Waals surface area contributed by atoms with Gasteiger partial charge < -0.3 is 5.11 Å². The van der Waals surface area contributed by atoms with Crippen molar-refractivity contribution in [3.63, 3.8) is 0 Å². The number of rotatable bonds is 2. The molecule has 1 N–H and O–H groups in total. The lowest BCUT2D eigenvalue weighted by molar-refractivity contribution is -0.144. The largest absolute Gasteiger partial charge is 0.386 e. The van der Waals surface area contributed by atoms with Crippen LogP contribution in [0.15, 0.2) is 22.8 Å². The Labute approximate surface area is 150 Å². The van der Waals surface area contributed by atoms with Crippen molar-refractivity contribution in [1.82, 2.24) is 0 Å². The Morgan fingerprint density at radius 2 is 1.92 bits per heavy atom. The first-order chi connectivity index (χ1) is 11.8. The summed E-state index contributed by atoms with van der Waals surface area (Å²) in [6.07, 6.45) is 8.82. The maximum Gasteiger partial charge on any atom is 0.167 e. The van der Waals surface area contributed by atoms with Gasteiger partial charge in [0.2, 0.25) is 0 Å². The molecule has 0 aromatic carbocycles. The molecule has 0 amide bonds. The van der Waals surface area contributed by atoms with Gasteiger partial charge in [0.25, 0.3) is 0 Å². The highest BCUT2D eigenvalue weighted by atomic mass is 16.3. The predicted molar refractivity (Wildman–Crippen MR) is 96.9 cm³/mol. The molecule has 3 nitrogen and oxygen atoms in total. The van der Waals surface area contributed by atoms with E-state index in [-0.39, 0.29) is 17.0 Å². The summed E-state index contributed by atoms with van der Waals surface area (Å²) >= 11 is 0. The Hall–Kier alpha value is -1.22. The summed E-state index contributed by atoms with van der Waals surface area (Å²) in [5.74, 6) is 1.43. The quantitative estimate of drug-likeness (QED) is 0.820. The molecule has 0 aromatic heterocycles. The smallest absolute Gasteiger partial charge is 0.167 e. The molecule has 3 heteroatoms. The van der Waals surface area contributed by atoms with Crippen LogP contribution in [0.1, 0.15) is 72.1 Å². The third kappa shape index (κ3) is 2.27.